The number of carbonyl (C=O) groups is 1. The number of H-pyrrole nitrogens is 1. The number of imidazole rings is 1. The highest BCUT2D eigenvalue weighted by molar-refractivity contribution is 5.91. The summed E-state index contributed by atoms with van der Waals surface area (Å²) in [6.45, 7) is 6.36. The molecule has 1 unspecified atom stereocenters. The van der Waals surface area contributed by atoms with Gasteiger partial charge in [0, 0.05) is 38.1 Å². The summed E-state index contributed by atoms with van der Waals surface area (Å²) in [7, 11) is 0. The molecule has 10 nitrogen and oxygen atoms in total. The quantitative estimate of drug-likeness (QED) is 0.311. The van der Waals surface area contributed by atoms with E-state index in [4.69, 9.17) is 9.47 Å². The van der Waals surface area contributed by atoms with Gasteiger partial charge in [-0.25, -0.2) is 15.0 Å². The molecule has 0 radical (unpaired) electrons. The lowest BCUT2D eigenvalue weighted by atomic mass is 10.0. The molecule has 2 saturated heterocycles. The molecule has 4 heterocycles. The predicted molar refractivity (Wildman–Crippen MR) is 144 cm³/mol. The Morgan fingerprint density at radius 1 is 1.13 bits per heavy atom. The lowest BCUT2D eigenvalue weighted by molar-refractivity contribution is -0.119. The van der Waals surface area contributed by atoms with Crippen LogP contribution in [0.25, 0.3) is 21.9 Å². The number of benzene rings is 2. The van der Waals surface area contributed by atoms with E-state index in [2.05, 4.69) is 48.4 Å². The number of fused-ring (bicyclic) bond motifs is 2. The van der Waals surface area contributed by atoms with E-state index < -0.39 is 0 Å². The summed E-state index contributed by atoms with van der Waals surface area (Å²) in [6.07, 6.45) is 5.93. The van der Waals surface area contributed by atoms with Crippen molar-refractivity contribution in [3.63, 3.8) is 0 Å². The van der Waals surface area contributed by atoms with Crippen molar-refractivity contribution in [2.75, 3.05) is 45.9 Å². The van der Waals surface area contributed by atoms with Gasteiger partial charge in [-0.15, -0.1) is 0 Å². The maximum absolute atomic E-state index is 12.0. The van der Waals surface area contributed by atoms with Crippen LogP contribution in [-0.2, 0) is 16.1 Å². The van der Waals surface area contributed by atoms with Crippen LogP contribution in [0.5, 0.6) is 5.75 Å². The second-order valence-corrected chi connectivity index (χ2v) is 9.90. The van der Waals surface area contributed by atoms with Crippen LogP contribution >= 0.6 is 0 Å². The van der Waals surface area contributed by atoms with Gasteiger partial charge in [0.05, 0.1) is 25.6 Å². The largest absolute Gasteiger partial charge is 0.482 e. The zero-order chi connectivity index (χ0) is 25.7. The Bertz CT molecular complexity index is 1380. The molecule has 6 rings (SSSR count). The van der Waals surface area contributed by atoms with Crippen molar-refractivity contribution >= 4 is 28.3 Å². The Balaban J connectivity index is 1.27. The number of aromatic amines is 1. The number of nitrogens with one attached hydrogen (secondary N) is 2. The van der Waals surface area contributed by atoms with Gasteiger partial charge in [-0.2, -0.15) is 0 Å². The van der Waals surface area contributed by atoms with Crippen LogP contribution in [0.1, 0.15) is 30.2 Å². The minimum atomic E-state index is -0.308. The van der Waals surface area contributed by atoms with Crippen LogP contribution in [0.2, 0.25) is 0 Å². The van der Waals surface area contributed by atoms with E-state index in [1.807, 2.05) is 23.1 Å². The molecule has 2 fully saturated rings. The average Bonchev–Trinajstić information content (AvgIpc) is 3.68. The minimum absolute atomic E-state index is 0.126. The molecule has 2 aliphatic heterocycles. The summed E-state index contributed by atoms with van der Waals surface area (Å²) < 4.78 is 12.2. The number of ether oxygens (including phenoxy) is 2. The molecule has 0 bridgehead atoms. The molecule has 2 aromatic carbocycles. The van der Waals surface area contributed by atoms with Crippen LogP contribution in [0, 0.1) is 0 Å². The molecule has 0 aliphatic carbocycles. The maximum atomic E-state index is 12.0. The number of hydrogen-bond donors (Lipinski definition) is 2. The molecule has 198 valence electrons. The van der Waals surface area contributed by atoms with Gasteiger partial charge in [0.2, 0.25) is 6.41 Å². The zero-order valence-corrected chi connectivity index (χ0v) is 21.4. The van der Waals surface area contributed by atoms with E-state index in [-0.39, 0.29) is 12.1 Å². The van der Waals surface area contributed by atoms with E-state index in [0.29, 0.717) is 18.7 Å². The molecule has 10 heteroatoms. The average molecular weight is 516 g/mol. The Morgan fingerprint density at radius 2 is 2.00 bits per heavy atom. The Kier molecular flexibility index (Phi) is 7.43. The SMILES string of the molecule is O=CN(CCN1CCOCC1)Cc1ccc(O[C@@H](c2ncnc3nc[nH]c23)C2CCCN2)c2ccccc12. The first-order valence-electron chi connectivity index (χ1n) is 13.3. The third kappa shape index (κ3) is 5.20. The van der Waals surface area contributed by atoms with Crippen LogP contribution in [0.3, 0.4) is 0 Å². The second kappa shape index (κ2) is 11.4. The van der Waals surface area contributed by atoms with Gasteiger partial charge in [0.1, 0.15) is 23.3 Å². The van der Waals surface area contributed by atoms with E-state index in [0.717, 1.165) is 91.9 Å². The van der Waals surface area contributed by atoms with E-state index in [9.17, 15) is 4.79 Å². The molecular weight excluding hydrogens is 482 g/mol. The summed E-state index contributed by atoms with van der Waals surface area (Å²) in [5, 5.41) is 5.68. The van der Waals surface area contributed by atoms with Crippen molar-refractivity contribution in [2.24, 2.45) is 0 Å². The molecule has 0 spiro atoms. The zero-order valence-electron chi connectivity index (χ0n) is 21.4. The van der Waals surface area contributed by atoms with Crippen molar-refractivity contribution in [2.45, 2.75) is 31.5 Å². The lowest BCUT2D eigenvalue weighted by Gasteiger charge is -2.29. The number of hydrogen-bond acceptors (Lipinski definition) is 8. The Hall–Kier alpha value is -3.60. The molecule has 0 saturated carbocycles. The second-order valence-electron chi connectivity index (χ2n) is 9.90. The van der Waals surface area contributed by atoms with Crippen molar-refractivity contribution in [3.8, 4) is 5.75 Å². The van der Waals surface area contributed by atoms with Gasteiger partial charge in [-0.1, -0.05) is 30.3 Å². The van der Waals surface area contributed by atoms with Crippen molar-refractivity contribution < 1.29 is 14.3 Å². The number of aromatic nitrogens is 4. The first-order chi connectivity index (χ1) is 18.8. The number of carbonyl (C=O) groups excluding carboxylic acids is 1. The summed E-state index contributed by atoms with van der Waals surface area (Å²) in [6, 6.07) is 12.5. The predicted octanol–water partition coefficient (Wildman–Crippen LogP) is 2.67. The minimum Gasteiger partial charge on any atom is -0.482 e. The maximum Gasteiger partial charge on any atom is 0.210 e. The third-order valence-electron chi connectivity index (χ3n) is 7.54. The molecule has 38 heavy (non-hydrogen) atoms. The number of nitrogens with zero attached hydrogens (tertiary/aromatic N) is 5. The first kappa shape index (κ1) is 24.7. The number of amides is 1. The molecule has 2 N–H and O–H groups in total. The molecule has 1 amide bonds. The monoisotopic (exact) mass is 515 g/mol. The van der Waals surface area contributed by atoms with Crippen molar-refractivity contribution in [1.29, 1.82) is 0 Å². The van der Waals surface area contributed by atoms with Gasteiger partial charge in [0.25, 0.3) is 0 Å². The number of rotatable bonds is 10. The van der Waals surface area contributed by atoms with Gasteiger partial charge in [-0.3, -0.25) is 9.69 Å². The van der Waals surface area contributed by atoms with E-state index in [1.54, 1.807) is 12.7 Å². The van der Waals surface area contributed by atoms with Crippen molar-refractivity contribution in [1.82, 2.24) is 35.1 Å². The molecular formula is C28H33N7O3. The van der Waals surface area contributed by atoms with Gasteiger partial charge in [-0.05, 0) is 36.4 Å². The Morgan fingerprint density at radius 3 is 2.82 bits per heavy atom. The van der Waals surface area contributed by atoms with E-state index in [1.165, 1.54) is 0 Å². The number of morpholine rings is 1. The van der Waals surface area contributed by atoms with Gasteiger partial charge >= 0.3 is 0 Å². The molecule has 2 aromatic heterocycles. The van der Waals surface area contributed by atoms with Crippen LogP contribution < -0.4 is 10.1 Å². The standard InChI is InChI=1S/C28H33N7O3/c36-19-35(11-10-34-12-14-37-15-13-34)16-20-7-8-24(22-5-2-1-4-21(20)22)38-27(23-6-3-9-29-23)25-26-28(32-17-30-25)33-18-31-26/h1-2,4-5,7-8,17-19,23,27,29H,3,6,9-16H2,(H,30,31,32,33)/t23?,27-/m1/s1. The summed E-state index contributed by atoms with van der Waals surface area (Å²) in [5.41, 5.74) is 3.33. The molecule has 2 aliphatic rings. The van der Waals surface area contributed by atoms with Gasteiger partial charge in [0.15, 0.2) is 11.8 Å². The topological polar surface area (TPSA) is 108 Å². The summed E-state index contributed by atoms with van der Waals surface area (Å²) in [4.78, 5) is 32.6. The summed E-state index contributed by atoms with van der Waals surface area (Å²) >= 11 is 0. The highest BCUT2D eigenvalue weighted by Gasteiger charge is 2.31. The van der Waals surface area contributed by atoms with E-state index >= 15 is 0 Å². The van der Waals surface area contributed by atoms with Crippen molar-refractivity contribution in [3.05, 3.63) is 60.3 Å². The molecule has 4 aromatic rings. The smallest absolute Gasteiger partial charge is 0.210 e. The van der Waals surface area contributed by atoms with Crippen LogP contribution in [-0.4, -0.2) is 88.1 Å². The normalized spacial score (nSPS) is 19.1. The van der Waals surface area contributed by atoms with Crippen LogP contribution in [0.15, 0.2) is 49.1 Å². The fraction of sp³-hybridized carbons (Fsp3) is 0.429. The fourth-order valence-corrected chi connectivity index (χ4v) is 5.49. The van der Waals surface area contributed by atoms with Gasteiger partial charge < -0.3 is 24.7 Å². The summed E-state index contributed by atoms with van der Waals surface area (Å²) in [5.74, 6) is 0.792. The molecule has 2 atom stereocenters. The Labute approximate surface area is 221 Å². The third-order valence-corrected chi connectivity index (χ3v) is 7.54. The highest BCUT2D eigenvalue weighted by atomic mass is 16.5. The first-order valence-corrected chi connectivity index (χ1v) is 13.3. The fourth-order valence-electron chi connectivity index (χ4n) is 5.49. The van der Waals surface area contributed by atoms with Crippen LogP contribution in [0.4, 0.5) is 0 Å². The lowest BCUT2D eigenvalue weighted by Crippen LogP contribution is -2.41. The highest BCUT2D eigenvalue weighted by Crippen LogP contribution is 2.35.